The summed E-state index contributed by atoms with van der Waals surface area (Å²) in [5, 5.41) is 0. The molecule has 0 amide bonds. The van der Waals surface area contributed by atoms with E-state index in [4.69, 9.17) is 14.2 Å². The van der Waals surface area contributed by atoms with Crippen LogP contribution in [0.15, 0.2) is 36.4 Å². The van der Waals surface area contributed by atoms with Crippen molar-refractivity contribution in [3.63, 3.8) is 0 Å². The normalized spacial score (nSPS) is 10.3. The SMILES string of the molecule is CCCCCOc1c(OC)cc(C=O)cc1Oc1ccccc1C. The maximum absolute atomic E-state index is 11.2. The lowest BCUT2D eigenvalue weighted by Gasteiger charge is -2.17. The molecule has 0 bridgehead atoms. The highest BCUT2D eigenvalue weighted by Gasteiger charge is 2.16. The van der Waals surface area contributed by atoms with Gasteiger partial charge < -0.3 is 14.2 Å². The predicted molar refractivity (Wildman–Crippen MR) is 94.7 cm³/mol. The molecule has 4 nitrogen and oxygen atoms in total. The molecule has 4 heteroatoms. The summed E-state index contributed by atoms with van der Waals surface area (Å²) in [6.45, 7) is 4.69. The lowest BCUT2D eigenvalue weighted by atomic mass is 10.2. The van der Waals surface area contributed by atoms with Crippen molar-refractivity contribution in [2.75, 3.05) is 13.7 Å². The maximum Gasteiger partial charge on any atom is 0.204 e. The Labute approximate surface area is 143 Å². The minimum atomic E-state index is 0.483. The van der Waals surface area contributed by atoms with Gasteiger partial charge in [0.05, 0.1) is 13.7 Å². The number of aldehydes is 1. The second-order valence-corrected chi connectivity index (χ2v) is 5.59. The number of para-hydroxylation sites is 1. The van der Waals surface area contributed by atoms with Gasteiger partial charge in [-0.25, -0.2) is 0 Å². The molecular weight excluding hydrogens is 304 g/mol. The molecule has 2 aromatic carbocycles. The molecular formula is C20H24O4. The highest BCUT2D eigenvalue weighted by molar-refractivity contribution is 5.78. The van der Waals surface area contributed by atoms with E-state index in [9.17, 15) is 4.79 Å². The number of unbranched alkanes of at least 4 members (excludes halogenated alkanes) is 2. The van der Waals surface area contributed by atoms with E-state index < -0.39 is 0 Å². The van der Waals surface area contributed by atoms with E-state index in [1.54, 1.807) is 19.2 Å². The highest BCUT2D eigenvalue weighted by atomic mass is 16.5. The maximum atomic E-state index is 11.2. The number of hydrogen-bond acceptors (Lipinski definition) is 4. The van der Waals surface area contributed by atoms with Gasteiger partial charge in [0.15, 0.2) is 11.5 Å². The van der Waals surface area contributed by atoms with Crippen molar-refractivity contribution < 1.29 is 19.0 Å². The van der Waals surface area contributed by atoms with E-state index >= 15 is 0 Å². The molecule has 0 unspecified atom stereocenters. The first-order valence-corrected chi connectivity index (χ1v) is 8.23. The van der Waals surface area contributed by atoms with Crippen LogP contribution in [0.5, 0.6) is 23.0 Å². The summed E-state index contributed by atoms with van der Waals surface area (Å²) in [5.74, 6) is 2.24. The number of hydrogen-bond donors (Lipinski definition) is 0. The Morgan fingerprint density at radius 2 is 1.79 bits per heavy atom. The van der Waals surface area contributed by atoms with Crippen LogP contribution in [0.4, 0.5) is 0 Å². The summed E-state index contributed by atoms with van der Waals surface area (Å²) in [7, 11) is 1.56. The summed E-state index contributed by atoms with van der Waals surface area (Å²) < 4.78 is 17.3. The smallest absolute Gasteiger partial charge is 0.204 e. The zero-order valence-electron chi connectivity index (χ0n) is 14.5. The van der Waals surface area contributed by atoms with Crippen LogP contribution in [-0.4, -0.2) is 20.0 Å². The number of methoxy groups -OCH3 is 1. The van der Waals surface area contributed by atoms with E-state index in [0.717, 1.165) is 36.9 Å². The van der Waals surface area contributed by atoms with Gasteiger partial charge in [-0.3, -0.25) is 4.79 Å². The van der Waals surface area contributed by atoms with Gasteiger partial charge >= 0.3 is 0 Å². The molecule has 24 heavy (non-hydrogen) atoms. The third-order valence-corrected chi connectivity index (χ3v) is 3.71. The van der Waals surface area contributed by atoms with Gasteiger partial charge in [-0.1, -0.05) is 38.0 Å². The first-order valence-electron chi connectivity index (χ1n) is 8.23. The third-order valence-electron chi connectivity index (χ3n) is 3.71. The predicted octanol–water partition coefficient (Wildman–Crippen LogP) is 5.18. The van der Waals surface area contributed by atoms with Crippen LogP contribution < -0.4 is 14.2 Å². The first kappa shape index (κ1) is 17.9. The average Bonchev–Trinajstić information content (AvgIpc) is 2.61. The van der Waals surface area contributed by atoms with E-state index in [-0.39, 0.29) is 0 Å². The molecule has 0 spiro atoms. The summed E-state index contributed by atoms with van der Waals surface area (Å²) in [6, 6.07) is 11.1. The van der Waals surface area contributed by atoms with Gasteiger partial charge in [-0.15, -0.1) is 0 Å². The Morgan fingerprint density at radius 1 is 1.04 bits per heavy atom. The second kappa shape index (κ2) is 8.96. The fourth-order valence-corrected chi connectivity index (χ4v) is 2.35. The van der Waals surface area contributed by atoms with Gasteiger partial charge in [-0.05, 0) is 37.1 Å². The number of carbonyl (C=O) groups excluding carboxylic acids is 1. The summed E-state index contributed by atoms with van der Waals surface area (Å²) in [4.78, 5) is 11.2. The van der Waals surface area contributed by atoms with Crippen molar-refractivity contribution in [1.82, 2.24) is 0 Å². The minimum Gasteiger partial charge on any atom is -0.493 e. The summed E-state index contributed by atoms with van der Waals surface area (Å²) in [6.07, 6.45) is 3.95. The summed E-state index contributed by atoms with van der Waals surface area (Å²) >= 11 is 0. The number of ether oxygens (including phenoxy) is 3. The lowest BCUT2D eigenvalue weighted by molar-refractivity contribution is 0.112. The van der Waals surface area contributed by atoms with Crippen molar-refractivity contribution in [2.45, 2.75) is 33.1 Å². The number of aryl methyl sites for hydroxylation is 1. The monoisotopic (exact) mass is 328 g/mol. The van der Waals surface area contributed by atoms with Gasteiger partial charge in [0, 0.05) is 5.56 Å². The Kier molecular flexibility index (Phi) is 6.67. The van der Waals surface area contributed by atoms with E-state index in [1.807, 2.05) is 31.2 Å². The molecule has 2 aromatic rings. The Hall–Kier alpha value is -2.49. The molecule has 2 rings (SSSR count). The van der Waals surface area contributed by atoms with Crippen LogP contribution in [0.2, 0.25) is 0 Å². The van der Waals surface area contributed by atoms with E-state index in [2.05, 4.69) is 6.92 Å². The number of carbonyl (C=O) groups is 1. The van der Waals surface area contributed by atoms with Crippen molar-refractivity contribution in [1.29, 1.82) is 0 Å². The lowest BCUT2D eigenvalue weighted by Crippen LogP contribution is -2.02. The Bertz CT molecular complexity index is 679. The first-order chi connectivity index (χ1) is 11.7. The molecule has 0 saturated carbocycles. The van der Waals surface area contributed by atoms with Crippen LogP contribution in [0.1, 0.15) is 42.1 Å². The van der Waals surface area contributed by atoms with Gasteiger partial charge in [0.2, 0.25) is 5.75 Å². The van der Waals surface area contributed by atoms with E-state index in [1.165, 1.54) is 0 Å². The molecule has 0 aliphatic carbocycles. The van der Waals surface area contributed by atoms with E-state index in [0.29, 0.717) is 29.4 Å². The van der Waals surface area contributed by atoms with Gasteiger partial charge in [0.25, 0.3) is 0 Å². The topological polar surface area (TPSA) is 44.8 Å². The molecule has 0 atom stereocenters. The van der Waals surface area contributed by atoms with Crippen LogP contribution in [-0.2, 0) is 0 Å². The van der Waals surface area contributed by atoms with Crippen LogP contribution in [0.3, 0.4) is 0 Å². The molecule has 0 aliphatic rings. The molecule has 0 aliphatic heterocycles. The fourth-order valence-electron chi connectivity index (χ4n) is 2.35. The zero-order chi connectivity index (χ0) is 17.4. The van der Waals surface area contributed by atoms with Crippen LogP contribution >= 0.6 is 0 Å². The number of benzene rings is 2. The van der Waals surface area contributed by atoms with Crippen molar-refractivity contribution in [3.05, 3.63) is 47.5 Å². The Balaban J connectivity index is 2.34. The standard InChI is InChI=1S/C20H24O4/c1-4-5-8-11-23-20-18(22-3)12-16(14-21)13-19(20)24-17-10-7-6-9-15(17)2/h6-7,9-10,12-14H,4-5,8,11H2,1-3H3. The van der Waals surface area contributed by atoms with Gasteiger partial charge in [-0.2, -0.15) is 0 Å². The zero-order valence-corrected chi connectivity index (χ0v) is 14.5. The van der Waals surface area contributed by atoms with Crippen molar-refractivity contribution >= 4 is 6.29 Å². The molecule has 0 aromatic heterocycles. The van der Waals surface area contributed by atoms with Crippen LogP contribution in [0, 0.1) is 6.92 Å². The molecule has 0 radical (unpaired) electrons. The highest BCUT2D eigenvalue weighted by Crippen LogP contribution is 2.41. The van der Waals surface area contributed by atoms with Crippen molar-refractivity contribution in [2.24, 2.45) is 0 Å². The Morgan fingerprint density at radius 3 is 2.46 bits per heavy atom. The minimum absolute atomic E-state index is 0.483. The fraction of sp³-hybridized carbons (Fsp3) is 0.350. The average molecular weight is 328 g/mol. The molecule has 0 N–H and O–H groups in total. The largest absolute Gasteiger partial charge is 0.493 e. The molecule has 128 valence electrons. The quantitative estimate of drug-likeness (QED) is 0.470. The number of rotatable bonds is 9. The second-order valence-electron chi connectivity index (χ2n) is 5.59. The van der Waals surface area contributed by atoms with Gasteiger partial charge in [0.1, 0.15) is 12.0 Å². The van der Waals surface area contributed by atoms with Crippen LogP contribution in [0.25, 0.3) is 0 Å². The molecule has 0 heterocycles. The molecule has 0 saturated heterocycles. The van der Waals surface area contributed by atoms with Crippen molar-refractivity contribution in [3.8, 4) is 23.0 Å². The molecule has 0 fully saturated rings. The third kappa shape index (κ3) is 4.51. The summed E-state index contributed by atoms with van der Waals surface area (Å²) in [5.41, 5.74) is 1.49.